The number of carbonyl (C=O) groups is 11. The molecule has 0 radical (unpaired) electrons. The minimum atomic E-state index is -1.88. The van der Waals surface area contributed by atoms with E-state index in [1.807, 2.05) is 0 Å². The molecule has 0 aliphatic carbocycles. The lowest BCUT2D eigenvalue weighted by Gasteiger charge is -2.28. The molecular formula is C40H61N9O18. The summed E-state index contributed by atoms with van der Waals surface area (Å²) in [6, 6.07) is -7.84. The van der Waals surface area contributed by atoms with Gasteiger partial charge in [0.1, 0.15) is 60.6 Å². The van der Waals surface area contributed by atoms with Gasteiger partial charge in [-0.05, 0) is 42.4 Å². The summed E-state index contributed by atoms with van der Waals surface area (Å²) in [5.41, 5.74) is 5.78. The van der Waals surface area contributed by atoms with Crippen molar-refractivity contribution in [2.75, 3.05) is 26.4 Å². The van der Waals surface area contributed by atoms with Crippen LogP contribution in [0.25, 0.3) is 0 Å². The number of nitrogens with one attached hydrogen (secondary N) is 8. The Bertz CT molecular complexity index is 1920. The molecule has 0 spiro atoms. The number of aromatic hydroxyl groups is 1. The first-order valence-electron chi connectivity index (χ1n) is 20.7. The van der Waals surface area contributed by atoms with Crippen molar-refractivity contribution in [2.24, 2.45) is 17.6 Å². The molecule has 8 atom stereocenters. The number of carboxylic acids is 3. The van der Waals surface area contributed by atoms with Gasteiger partial charge in [-0.15, -0.1) is 0 Å². The summed E-state index contributed by atoms with van der Waals surface area (Å²) in [6.45, 7) is 2.32. The van der Waals surface area contributed by atoms with Crippen LogP contribution in [0.2, 0.25) is 0 Å². The van der Waals surface area contributed by atoms with Gasteiger partial charge in [-0.1, -0.05) is 39.8 Å². The number of phenols is 1. The smallest absolute Gasteiger partial charge is 0.322 e. The number of benzene rings is 1. The van der Waals surface area contributed by atoms with Crippen LogP contribution in [-0.2, 0) is 59.2 Å². The highest BCUT2D eigenvalue weighted by atomic mass is 16.4. The number of nitrogens with two attached hydrogens (primary N) is 1. The summed E-state index contributed by atoms with van der Waals surface area (Å²) in [6.07, 6.45) is -2.45. The maximum absolute atomic E-state index is 14.0. The van der Waals surface area contributed by atoms with E-state index in [2.05, 4.69) is 42.5 Å². The van der Waals surface area contributed by atoms with E-state index < -0.39 is 165 Å². The van der Waals surface area contributed by atoms with Crippen molar-refractivity contribution in [3.8, 4) is 5.75 Å². The summed E-state index contributed by atoms with van der Waals surface area (Å²) in [7, 11) is 0. The van der Waals surface area contributed by atoms with Gasteiger partial charge >= 0.3 is 17.9 Å². The summed E-state index contributed by atoms with van der Waals surface area (Å²) in [5, 5.41) is 84.4. The second kappa shape index (κ2) is 28.8. The molecule has 67 heavy (non-hydrogen) atoms. The van der Waals surface area contributed by atoms with Gasteiger partial charge in [-0.25, -0.2) is 0 Å². The Labute approximate surface area is 383 Å². The zero-order valence-electron chi connectivity index (χ0n) is 37.1. The number of rotatable bonds is 30. The van der Waals surface area contributed by atoms with Gasteiger partial charge < -0.3 is 84.0 Å². The van der Waals surface area contributed by atoms with E-state index >= 15 is 0 Å². The van der Waals surface area contributed by atoms with Crippen molar-refractivity contribution in [3.05, 3.63) is 29.8 Å². The van der Waals surface area contributed by atoms with Crippen molar-refractivity contribution < 1.29 is 88.5 Å². The van der Waals surface area contributed by atoms with Gasteiger partial charge in [-0.3, -0.25) is 52.7 Å². The molecule has 1 rings (SSSR count). The quantitative estimate of drug-likeness (QED) is 0.0341. The van der Waals surface area contributed by atoms with E-state index in [4.69, 9.17) is 15.9 Å². The molecule has 0 aromatic heterocycles. The van der Waals surface area contributed by atoms with Crippen LogP contribution in [0.15, 0.2) is 24.3 Å². The SMILES string of the molecule is CC(C)C[C@H](NC(=O)[C@H](Cc1ccc(O)cc1)NC(=O)[C@H](CO)NC(=O)[C@H](CO)NC(=O)[C@@H](NC(=O)[C@H](CC(=O)O)NC(=O)[C@@H](N)CO)C(C)C)C(=O)N[C@@H](CCC(=O)O)C(=O)NCC(=O)O. The Morgan fingerprint density at radius 1 is 0.522 bits per heavy atom. The molecule has 374 valence electrons. The predicted molar refractivity (Wildman–Crippen MR) is 229 cm³/mol. The van der Waals surface area contributed by atoms with Gasteiger partial charge in [0.05, 0.1) is 26.2 Å². The molecule has 27 nitrogen and oxygen atoms in total. The molecule has 0 saturated carbocycles. The van der Waals surface area contributed by atoms with Gasteiger partial charge in [0.15, 0.2) is 0 Å². The molecule has 0 bridgehead atoms. The number of carboxylic acid groups (broad SMARTS) is 3. The molecule has 0 saturated heterocycles. The van der Waals surface area contributed by atoms with Crippen LogP contribution < -0.4 is 48.3 Å². The molecule has 0 aliphatic rings. The number of phenolic OH excluding ortho intramolecular Hbond substituents is 1. The Morgan fingerprint density at radius 2 is 0.985 bits per heavy atom. The monoisotopic (exact) mass is 955 g/mol. The fourth-order valence-electron chi connectivity index (χ4n) is 5.88. The first-order chi connectivity index (χ1) is 31.3. The molecular weight excluding hydrogens is 894 g/mol. The van der Waals surface area contributed by atoms with Gasteiger partial charge in [-0.2, -0.15) is 0 Å². The first-order valence-corrected chi connectivity index (χ1v) is 20.7. The molecule has 0 unspecified atom stereocenters. The van der Waals surface area contributed by atoms with Crippen LogP contribution in [0.4, 0.5) is 0 Å². The largest absolute Gasteiger partial charge is 0.508 e. The Hall–Kier alpha value is -6.97. The number of aliphatic hydroxyl groups excluding tert-OH is 3. The third-order valence-corrected chi connectivity index (χ3v) is 9.47. The lowest BCUT2D eigenvalue weighted by molar-refractivity contribution is -0.141. The van der Waals surface area contributed by atoms with Crippen LogP contribution in [0.1, 0.15) is 58.9 Å². The van der Waals surface area contributed by atoms with E-state index in [-0.39, 0.29) is 24.5 Å². The summed E-state index contributed by atoms with van der Waals surface area (Å²) >= 11 is 0. The van der Waals surface area contributed by atoms with E-state index in [0.29, 0.717) is 5.56 Å². The average molecular weight is 956 g/mol. The number of aliphatic carboxylic acids is 3. The van der Waals surface area contributed by atoms with Crippen LogP contribution in [0.3, 0.4) is 0 Å². The topological polar surface area (TPSA) is 452 Å². The Kier molecular flexibility index (Phi) is 25.0. The van der Waals surface area contributed by atoms with Crippen LogP contribution in [0, 0.1) is 11.8 Å². The van der Waals surface area contributed by atoms with Crippen LogP contribution >= 0.6 is 0 Å². The lowest BCUT2D eigenvalue weighted by atomic mass is 10.00. The standard InChI is InChI=1S/C40H61N9O18/c1-18(2)11-24(35(62)43-23(9-10-29(54)55)34(61)42-14-31(58)59)45-36(63)25(12-20-5-7-21(53)8-6-20)46-38(65)27(16-51)47-39(66)28(17-52)48-40(67)32(19(3)4)49-37(64)26(13-30(56)57)44-33(60)22(41)15-50/h5-8,18-19,22-28,32,50-53H,9-17,41H2,1-4H3,(H,42,61)(H,43,62)(H,44,60)(H,45,63)(H,46,65)(H,47,66)(H,48,67)(H,49,64)(H,54,55)(H,56,57)(H,58,59)/t22-,23-,24-,25-,26-,27-,28-,32-/m0/s1. The highest BCUT2D eigenvalue weighted by Crippen LogP contribution is 2.13. The minimum Gasteiger partial charge on any atom is -0.508 e. The van der Waals surface area contributed by atoms with E-state index in [9.17, 15) is 78.3 Å². The molecule has 0 heterocycles. The van der Waals surface area contributed by atoms with Crippen molar-refractivity contribution in [3.63, 3.8) is 0 Å². The summed E-state index contributed by atoms with van der Waals surface area (Å²) in [5.74, 6) is -14.4. The summed E-state index contributed by atoms with van der Waals surface area (Å²) in [4.78, 5) is 140. The van der Waals surface area contributed by atoms with Gasteiger partial charge in [0.25, 0.3) is 0 Å². The maximum atomic E-state index is 14.0. The number of hydrogen-bond donors (Lipinski definition) is 16. The highest BCUT2D eigenvalue weighted by Gasteiger charge is 2.36. The average Bonchev–Trinajstić information content (AvgIpc) is 3.25. The zero-order valence-corrected chi connectivity index (χ0v) is 37.1. The van der Waals surface area contributed by atoms with Crippen LogP contribution in [0.5, 0.6) is 5.75 Å². The Morgan fingerprint density at radius 3 is 1.46 bits per heavy atom. The predicted octanol–water partition coefficient (Wildman–Crippen LogP) is -6.13. The molecule has 27 heteroatoms. The summed E-state index contributed by atoms with van der Waals surface area (Å²) < 4.78 is 0. The second-order valence-corrected chi connectivity index (χ2v) is 15.9. The van der Waals surface area contributed by atoms with E-state index in [1.165, 1.54) is 38.1 Å². The number of amides is 8. The van der Waals surface area contributed by atoms with Crippen molar-refractivity contribution in [1.82, 2.24) is 42.5 Å². The third-order valence-electron chi connectivity index (χ3n) is 9.47. The van der Waals surface area contributed by atoms with Crippen molar-refractivity contribution >= 4 is 65.2 Å². The fourth-order valence-corrected chi connectivity index (χ4v) is 5.88. The van der Waals surface area contributed by atoms with E-state index in [0.717, 1.165) is 0 Å². The number of aliphatic hydroxyl groups is 3. The molecule has 8 amide bonds. The maximum Gasteiger partial charge on any atom is 0.322 e. The first kappa shape index (κ1) is 58.0. The molecule has 0 aliphatic heterocycles. The van der Waals surface area contributed by atoms with Crippen LogP contribution in [-0.4, -0.2) is 176 Å². The van der Waals surface area contributed by atoms with Crippen molar-refractivity contribution in [1.29, 1.82) is 0 Å². The fraction of sp³-hybridized carbons (Fsp3) is 0.575. The lowest BCUT2D eigenvalue weighted by Crippen LogP contribution is -2.62. The van der Waals surface area contributed by atoms with Gasteiger partial charge in [0.2, 0.25) is 47.3 Å². The second-order valence-electron chi connectivity index (χ2n) is 15.9. The highest BCUT2D eigenvalue weighted by molar-refractivity contribution is 5.98. The van der Waals surface area contributed by atoms with Gasteiger partial charge in [0, 0.05) is 12.8 Å². The third kappa shape index (κ3) is 21.3. The number of hydrogen-bond acceptors (Lipinski definition) is 16. The molecule has 0 fully saturated rings. The molecule has 17 N–H and O–H groups in total. The number of carbonyl (C=O) groups excluding carboxylic acids is 8. The van der Waals surface area contributed by atoms with Crippen molar-refractivity contribution in [2.45, 2.75) is 108 Å². The zero-order chi connectivity index (χ0) is 51.1. The molecule has 1 aromatic carbocycles. The normalized spacial score (nSPS) is 14.6. The molecule has 1 aromatic rings. The minimum absolute atomic E-state index is 0.0798. The van der Waals surface area contributed by atoms with E-state index in [1.54, 1.807) is 13.8 Å². The Balaban J connectivity index is 3.36.